The quantitative estimate of drug-likeness (QED) is 0.764. The molecule has 6 heteroatoms. The number of carbonyl (C=O) groups is 2. The molecule has 2 aromatic carbocycles. The number of benzene rings is 2. The molecule has 5 nitrogen and oxygen atoms in total. The second kappa shape index (κ2) is 8.66. The molecule has 0 bridgehead atoms. The lowest BCUT2D eigenvalue weighted by Gasteiger charge is -2.33. The van der Waals surface area contributed by atoms with Crippen LogP contribution in [0.4, 0.5) is 5.69 Å². The van der Waals surface area contributed by atoms with Crippen molar-refractivity contribution in [2.45, 2.75) is 44.8 Å². The smallest absolute Gasteiger partial charge is 0.251 e. The summed E-state index contributed by atoms with van der Waals surface area (Å²) in [6.45, 7) is 4.82. The molecule has 152 valence electrons. The van der Waals surface area contributed by atoms with Crippen LogP contribution in [-0.4, -0.2) is 41.9 Å². The minimum Gasteiger partial charge on any atom is -0.303 e. The molecule has 0 radical (unpaired) electrons. The van der Waals surface area contributed by atoms with Crippen LogP contribution in [0.25, 0.3) is 0 Å². The van der Waals surface area contributed by atoms with Gasteiger partial charge in [-0.2, -0.15) is 0 Å². The maximum Gasteiger partial charge on any atom is 0.251 e. The maximum atomic E-state index is 12.9. The topological polar surface area (TPSA) is 52.7 Å². The number of halogens is 1. The molecule has 2 heterocycles. The number of amides is 2. The summed E-state index contributed by atoms with van der Waals surface area (Å²) in [4.78, 5) is 29.1. The van der Waals surface area contributed by atoms with E-state index in [4.69, 9.17) is 11.6 Å². The number of nitrogens with zero attached hydrogens (tertiary/aromatic N) is 2. The normalized spacial score (nSPS) is 21.2. The molecule has 2 aromatic rings. The standard InChI is InChI=1S/C23H26ClN3O2/c1-16-7-8-19(13-20(16)24)27-22(28)14-21(23(27)29)25-18-9-11-26(12-10-18)15-17-5-3-2-4-6-17/h2-8,13,18,21,25H,9-12,14-15H2,1H3/t21-/m1/s1. The molecule has 2 fully saturated rings. The number of hydrogen-bond donors (Lipinski definition) is 1. The monoisotopic (exact) mass is 411 g/mol. The van der Waals surface area contributed by atoms with Crippen molar-refractivity contribution < 1.29 is 9.59 Å². The van der Waals surface area contributed by atoms with Crippen molar-refractivity contribution in [3.8, 4) is 0 Å². The van der Waals surface area contributed by atoms with Gasteiger partial charge in [0.25, 0.3) is 5.91 Å². The Hall–Kier alpha value is -2.21. The molecule has 1 atom stereocenters. The highest BCUT2D eigenvalue weighted by Gasteiger charge is 2.40. The molecule has 1 N–H and O–H groups in total. The van der Waals surface area contributed by atoms with E-state index in [9.17, 15) is 9.59 Å². The van der Waals surface area contributed by atoms with Crippen LogP contribution in [0.1, 0.15) is 30.4 Å². The van der Waals surface area contributed by atoms with E-state index in [0.717, 1.165) is 38.0 Å². The van der Waals surface area contributed by atoms with Gasteiger partial charge in [0, 0.05) is 17.6 Å². The van der Waals surface area contributed by atoms with E-state index >= 15 is 0 Å². The Morgan fingerprint density at radius 3 is 2.48 bits per heavy atom. The molecular weight excluding hydrogens is 386 g/mol. The molecule has 2 aliphatic rings. The lowest BCUT2D eigenvalue weighted by atomic mass is 10.0. The Balaban J connectivity index is 1.33. The third kappa shape index (κ3) is 4.53. The number of carbonyl (C=O) groups excluding carboxylic acids is 2. The summed E-state index contributed by atoms with van der Waals surface area (Å²) in [6, 6.07) is 15.6. The Morgan fingerprint density at radius 2 is 1.79 bits per heavy atom. The molecule has 0 spiro atoms. The molecule has 29 heavy (non-hydrogen) atoms. The Kier molecular flexibility index (Phi) is 5.99. The second-order valence-electron chi connectivity index (χ2n) is 7.96. The van der Waals surface area contributed by atoms with Gasteiger partial charge < -0.3 is 5.32 Å². The predicted molar refractivity (Wildman–Crippen MR) is 115 cm³/mol. The van der Waals surface area contributed by atoms with Gasteiger partial charge in [-0.25, -0.2) is 4.90 Å². The van der Waals surface area contributed by atoms with Crippen LogP contribution >= 0.6 is 11.6 Å². The second-order valence-corrected chi connectivity index (χ2v) is 8.37. The lowest BCUT2D eigenvalue weighted by molar-refractivity contribution is -0.121. The molecular formula is C23H26ClN3O2. The zero-order valence-corrected chi connectivity index (χ0v) is 17.4. The van der Waals surface area contributed by atoms with E-state index in [-0.39, 0.29) is 24.3 Å². The Bertz CT molecular complexity index is 894. The van der Waals surface area contributed by atoms with E-state index in [0.29, 0.717) is 10.7 Å². The summed E-state index contributed by atoms with van der Waals surface area (Å²) in [6.07, 6.45) is 2.15. The SMILES string of the molecule is Cc1ccc(N2C(=O)C[C@@H](NC3CCN(Cc4ccccc4)CC3)C2=O)cc1Cl. The van der Waals surface area contributed by atoms with Gasteiger partial charge in [-0.05, 0) is 56.1 Å². The predicted octanol–water partition coefficient (Wildman–Crippen LogP) is 3.53. The first-order valence-corrected chi connectivity index (χ1v) is 10.5. The van der Waals surface area contributed by atoms with Gasteiger partial charge in [0.05, 0.1) is 18.2 Å². The third-order valence-corrected chi connectivity index (χ3v) is 6.24. The van der Waals surface area contributed by atoms with Crippen molar-refractivity contribution in [2.75, 3.05) is 18.0 Å². The molecule has 2 amide bonds. The van der Waals surface area contributed by atoms with Crippen LogP contribution in [0.15, 0.2) is 48.5 Å². The van der Waals surface area contributed by atoms with Gasteiger partial charge >= 0.3 is 0 Å². The van der Waals surface area contributed by atoms with Crippen molar-refractivity contribution in [3.05, 3.63) is 64.7 Å². The summed E-state index contributed by atoms with van der Waals surface area (Å²) in [7, 11) is 0. The zero-order chi connectivity index (χ0) is 20.4. The highest BCUT2D eigenvalue weighted by atomic mass is 35.5. The van der Waals surface area contributed by atoms with Crippen LogP contribution in [0.3, 0.4) is 0 Å². The maximum absolute atomic E-state index is 12.9. The highest BCUT2D eigenvalue weighted by molar-refractivity contribution is 6.32. The van der Waals surface area contributed by atoms with Crippen LogP contribution in [0, 0.1) is 6.92 Å². The van der Waals surface area contributed by atoms with Gasteiger partial charge in [-0.15, -0.1) is 0 Å². The van der Waals surface area contributed by atoms with Crippen molar-refractivity contribution in [2.24, 2.45) is 0 Å². The minimum atomic E-state index is -0.451. The number of likely N-dealkylation sites (tertiary alicyclic amines) is 1. The number of imide groups is 1. The van der Waals surface area contributed by atoms with E-state index in [1.165, 1.54) is 10.5 Å². The molecule has 2 saturated heterocycles. The van der Waals surface area contributed by atoms with Crippen LogP contribution in [-0.2, 0) is 16.1 Å². The van der Waals surface area contributed by atoms with Gasteiger partial charge in [-0.1, -0.05) is 48.0 Å². The van der Waals surface area contributed by atoms with Gasteiger partial charge in [0.15, 0.2) is 0 Å². The van der Waals surface area contributed by atoms with Crippen LogP contribution in [0.5, 0.6) is 0 Å². The number of piperidine rings is 1. The first kappa shape index (κ1) is 20.1. The van der Waals surface area contributed by atoms with Crippen molar-refractivity contribution in [1.29, 1.82) is 0 Å². The first-order valence-electron chi connectivity index (χ1n) is 10.2. The third-order valence-electron chi connectivity index (χ3n) is 5.83. The van der Waals surface area contributed by atoms with Gasteiger partial charge in [0.2, 0.25) is 5.91 Å². The lowest BCUT2D eigenvalue weighted by Crippen LogP contribution is -2.48. The van der Waals surface area contributed by atoms with Crippen molar-refractivity contribution in [1.82, 2.24) is 10.2 Å². The molecule has 0 unspecified atom stereocenters. The summed E-state index contributed by atoms with van der Waals surface area (Å²) < 4.78 is 0. The summed E-state index contributed by atoms with van der Waals surface area (Å²) >= 11 is 6.18. The first-order chi connectivity index (χ1) is 14.0. The van der Waals surface area contributed by atoms with Gasteiger partial charge in [-0.3, -0.25) is 14.5 Å². The largest absolute Gasteiger partial charge is 0.303 e. The van der Waals surface area contributed by atoms with Crippen molar-refractivity contribution >= 4 is 29.1 Å². The zero-order valence-electron chi connectivity index (χ0n) is 16.6. The van der Waals surface area contributed by atoms with E-state index < -0.39 is 6.04 Å². The number of rotatable bonds is 5. The summed E-state index contributed by atoms with van der Waals surface area (Å²) in [5.41, 5.74) is 2.80. The van der Waals surface area contributed by atoms with Crippen LogP contribution < -0.4 is 10.2 Å². The van der Waals surface area contributed by atoms with Crippen molar-refractivity contribution in [3.63, 3.8) is 0 Å². The van der Waals surface area contributed by atoms with Gasteiger partial charge in [0.1, 0.15) is 0 Å². The fraction of sp³-hybridized carbons (Fsp3) is 0.391. The number of aryl methyl sites for hydroxylation is 1. The Labute approximate surface area is 176 Å². The summed E-state index contributed by atoms with van der Waals surface area (Å²) in [5, 5.41) is 4.00. The van der Waals surface area contributed by atoms with E-state index in [2.05, 4.69) is 34.5 Å². The molecule has 0 aliphatic carbocycles. The minimum absolute atomic E-state index is 0.172. The summed E-state index contributed by atoms with van der Waals surface area (Å²) in [5.74, 6) is -0.351. The molecule has 0 aromatic heterocycles. The van der Waals surface area contributed by atoms with E-state index in [1.54, 1.807) is 12.1 Å². The number of nitrogens with one attached hydrogen (secondary N) is 1. The molecule has 0 saturated carbocycles. The molecule has 4 rings (SSSR count). The van der Waals surface area contributed by atoms with E-state index in [1.807, 2.05) is 19.1 Å². The highest BCUT2D eigenvalue weighted by Crippen LogP contribution is 2.28. The fourth-order valence-electron chi connectivity index (χ4n) is 4.14. The number of hydrogen-bond acceptors (Lipinski definition) is 4. The number of anilines is 1. The fourth-order valence-corrected chi connectivity index (χ4v) is 4.31. The average Bonchev–Trinajstić information content (AvgIpc) is 2.99. The average molecular weight is 412 g/mol. The molecule has 2 aliphatic heterocycles. The van der Waals surface area contributed by atoms with Crippen LogP contribution in [0.2, 0.25) is 5.02 Å². The Morgan fingerprint density at radius 1 is 1.07 bits per heavy atom.